The summed E-state index contributed by atoms with van der Waals surface area (Å²) in [5.74, 6) is -0.0865. The largest absolute Gasteiger partial charge is 0.351 e. The monoisotopic (exact) mass is 561 g/mol. The molecule has 1 fully saturated rings. The Labute approximate surface area is 248 Å². The molecule has 4 aromatic rings. The fourth-order valence-corrected chi connectivity index (χ4v) is 5.49. The molecule has 0 radical (unpaired) electrons. The van der Waals surface area contributed by atoms with Crippen LogP contribution in [0.3, 0.4) is 0 Å². The predicted octanol–water partition coefficient (Wildman–Crippen LogP) is 6.85. The highest BCUT2D eigenvalue weighted by atomic mass is 35.5. The molecule has 1 saturated heterocycles. The van der Waals surface area contributed by atoms with Crippen LogP contribution < -0.4 is 5.32 Å². The first-order chi connectivity index (χ1) is 20.2. The van der Waals surface area contributed by atoms with Crippen LogP contribution in [0.4, 0.5) is 0 Å². The predicted molar refractivity (Wildman–Crippen MR) is 170 cm³/mol. The van der Waals surface area contributed by atoms with Gasteiger partial charge in [0.25, 0.3) is 0 Å². The summed E-state index contributed by atoms with van der Waals surface area (Å²) in [7, 11) is 0. The van der Waals surface area contributed by atoms with Gasteiger partial charge in [-0.3, -0.25) is 14.6 Å². The van der Waals surface area contributed by atoms with Crippen LogP contribution >= 0.6 is 11.6 Å². The average molecular weight is 562 g/mol. The lowest BCUT2D eigenvalue weighted by atomic mass is 9.96. The first-order valence-electron chi connectivity index (χ1n) is 14.2. The summed E-state index contributed by atoms with van der Waals surface area (Å²) in [6.45, 7) is 5.39. The molecule has 0 bridgehead atoms. The molecule has 0 aromatic heterocycles. The van der Waals surface area contributed by atoms with Crippen LogP contribution in [0.15, 0.2) is 133 Å². The lowest BCUT2D eigenvalue weighted by Gasteiger charge is -2.39. The zero-order valence-electron chi connectivity index (χ0n) is 23.2. The smallest absolute Gasteiger partial charge is 0.244 e. The maximum Gasteiger partial charge on any atom is 0.244 e. The van der Waals surface area contributed by atoms with E-state index in [2.05, 4.69) is 87.9 Å². The molecule has 5 heteroatoms. The first-order valence-corrected chi connectivity index (χ1v) is 14.6. The molecule has 1 aliphatic rings. The number of carbonyl (C=O) groups is 1. The molecule has 4 aromatic carbocycles. The Morgan fingerprint density at radius 2 is 1.27 bits per heavy atom. The second-order valence-corrected chi connectivity index (χ2v) is 10.6. The topological polar surface area (TPSA) is 35.6 Å². The zero-order chi connectivity index (χ0) is 28.3. The molecule has 4 nitrogen and oxygen atoms in total. The summed E-state index contributed by atoms with van der Waals surface area (Å²) in [6, 6.07) is 39.7. The minimum atomic E-state index is -0.0865. The van der Waals surface area contributed by atoms with E-state index in [-0.39, 0.29) is 11.9 Å². The SMILES string of the molecule is O=C(C=CC=C(c1ccccc1)c1ccc(Cl)cc1)NCCN1CCN(C(c2ccccc2)c2ccccc2)CC1. The van der Waals surface area contributed by atoms with Gasteiger partial charge in [-0.05, 0) is 40.0 Å². The Kier molecular flexibility index (Phi) is 10.2. The fraction of sp³-hybridized carbons (Fsp3) is 0.194. The molecule has 5 rings (SSSR count). The molecule has 1 amide bonds. The van der Waals surface area contributed by atoms with Gasteiger partial charge in [-0.2, -0.15) is 0 Å². The van der Waals surface area contributed by atoms with Crippen LogP contribution in [-0.4, -0.2) is 55.0 Å². The van der Waals surface area contributed by atoms with Crippen molar-refractivity contribution < 1.29 is 4.79 Å². The number of nitrogens with zero attached hydrogens (tertiary/aromatic N) is 2. The van der Waals surface area contributed by atoms with Gasteiger partial charge in [-0.1, -0.05) is 127 Å². The number of carbonyl (C=O) groups excluding carboxylic acids is 1. The zero-order valence-corrected chi connectivity index (χ0v) is 24.0. The Balaban J connectivity index is 1.13. The maximum atomic E-state index is 12.6. The highest BCUT2D eigenvalue weighted by Crippen LogP contribution is 2.29. The van der Waals surface area contributed by atoms with Crippen LogP contribution in [-0.2, 0) is 4.79 Å². The minimum absolute atomic E-state index is 0.0865. The van der Waals surface area contributed by atoms with Gasteiger partial charge in [-0.15, -0.1) is 0 Å². The Morgan fingerprint density at radius 1 is 0.732 bits per heavy atom. The van der Waals surface area contributed by atoms with E-state index in [1.165, 1.54) is 11.1 Å². The number of allylic oxidation sites excluding steroid dienone is 2. The summed E-state index contributed by atoms with van der Waals surface area (Å²) in [4.78, 5) is 17.6. The molecule has 1 heterocycles. The van der Waals surface area contributed by atoms with E-state index in [0.717, 1.165) is 49.4 Å². The molecule has 0 spiro atoms. The van der Waals surface area contributed by atoms with Crippen molar-refractivity contribution in [2.45, 2.75) is 6.04 Å². The normalized spacial score (nSPS) is 14.9. The molecule has 0 atom stereocenters. The van der Waals surface area contributed by atoms with Crippen molar-refractivity contribution in [2.75, 3.05) is 39.3 Å². The summed E-state index contributed by atoms with van der Waals surface area (Å²) >= 11 is 6.09. The number of hydrogen-bond acceptors (Lipinski definition) is 3. The third kappa shape index (κ3) is 8.05. The van der Waals surface area contributed by atoms with E-state index >= 15 is 0 Å². The van der Waals surface area contributed by atoms with Crippen LogP contribution in [0, 0.1) is 0 Å². The summed E-state index contributed by atoms with van der Waals surface area (Å²) in [6.07, 6.45) is 5.40. The molecule has 1 aliphatic heterocycles. The van der Waals surface area contributed by atoms with Gasteiger partial charge in [0, 0.05) is 50.4 Å². The summed E-state index contributed by atoms with van der Waals surface area (Å²) in [5, 5.41) is 3.75. The fourth-order valence-electron chi connectivity index (χ4n) is 5.36. The lowest BCUT2D eigenvalue weighted by molar-refractivity contribution is -0.116. The number of amides is 1. The number of benzene rings is 4. The second-order valence-electron chi connectivity index (χ2n) is 10.2. The summed E-state index contributed by atoms with van der Waals surface area (Å²) < 4.78 is 0. The van der Waals surface area contributed by atoms with E-state index in [4.69, 9.17) is 11.6 Å². The molecular weight excluding hydrogens is 526 g/mol. The highest BCUT2D eigenvalue weighted by molar-refractivity contribution is 6.30. The van der Waals surface area contributed by atoms with E-state index in [1.54, 1.807) is 6.08 Å². The van der Waals surface area contributed by atoms with Crippen molar-refractivity contribution in [3.05, 3.63) is 161 Å². The number of halogens is 1. The van der Waals surface area contributed by atoms with Crippen molar-refractivity contribution in [3.63, 3.8) is 0 Å². The maximum absolute atomic E-state index is 12.6. The summed E-state index contributed by atoms with van der Waals surface area (Å²) in [5.41, 5.74) is 5.82. The van der Waals surface area contributed by atoms with Gasteiger partial charge < -0.3 is 5.32 Å². The van der Waals surface area contributed by atoms with E-state index < -0.39 is 0 Å². The Hall–Kier alpha value is -3.96. The van der Waals surface area contributed by atoms with E-state index in [0.29, 0.717) is 11.6 Å². The van der Waals surface area contributed by atoms with Gasteiger partial charge >= 0.3 is 0 Å². The Bertz CT molecular complexity index is 1390. The van der Waals surface area contributed by atoms with E-state index in [9.17, 15) is 4.79 Å². The van der Waals surface area contributed by atoms with Gasteiger partial charge in [0.15, 0.2) is 0 Å². The number of hydrogen-bond donors (Lipinski definition) is 1. The van der Waals surface area contributed by atoms with Crippen LogP contribution in [0.1, 0.15) is 28.3 Å². The molecule has 208 valence electrons. The first kappa shape index (κ1) is 28.6. The molecule has 0 unspecified atom stereocenters. The van der Waals surface area contributed by atoms with Crippen molar-refractivity contribution in [1.29, 1.82) is 0 Å². The third-order valence-corrected chi connectivity index (χ3v) is 7.73. The Morgan fingerprint density at radius 3 is 1.85 bits per heavy atom. The second kappa shape index (κ2) is 14.6. The number of nitrogens with one attached hydrogen (secondary N) is 1. The third-order valence-electron chi connectivity index (χ3n) is 7.48. The molecule has 1 N–H and O–H groups in total. The molecule has 41 heavy (non-hydrogen) atoms. The highest BCUT2D eigenvalue weighted by Gasteiger charge is 2.26. The molecule has 0 saturated carbocycles. The van der Waals surface area contributed by atoms with Gasteiger partial charge in [-0.25, -0.2) is 0 Å². The number of rotatable bonds is 10. The van der Waals surface area contributed by atoms with Crippen molar-refractivity contribution in [1.82, 2.24) is 15.1 Å². The van der Waals surface area contributed by atoms with Crippen molar-refractivity contribution in [3.8, 4) is 0 Å². The number of piperazine rings is 1. The molecule has 0 aliphatic carbocycles. The van der Waals surface area contributed by atoms with Crippen LogP contribution in [0.25, 0.3) is 5.57 Å². The lowest BCUT2D eigenvalue weighted by Crippen LogP contribution is -2.49. The minimum Gasteiger partial charge on any atom is -0.351 e. The van der Waals surface area contributed by atoms with Gasteiger partial charge in [0.1, 0.15) is 0 Å². The standard InChI is InChI=1S/C36H36ClN3O/c37-33-21-19-30(20-22-33)34(29-11-4-1-5-12-29)17-10-18-35(41)38-23-24-39-25-27-40(28-26-39)36(31-13-6-2-7-14-31)32-15-8-3-9-16-32/h1-22,36H,23-28H2,(H,38,41). The van der Waals surface area contributed by atoms with E-state index in [1.807, 2.05) is 54.6 Å². The molecular formula is C36H36ClN3O. The van der Waals surface area contributed by atoms with Gasteiger partial charge in [0.2, 0.25) is 5.91 Å². The average Bonchev–Trinajstić information content (AvgIpc) is 3.02. The quantitative estimate of drug-likeness (QED) is 0.170. The van der Waals surface area contributed by atoms with Gasteiger partial charge in [0.05, 0.1) is 6.04 Å². The van der Waals surface area contributed by atoms with Crippen molar-refractivity contribution in [2.24, 2.45) is 0 Å². The van der Waals surface area contributed by atoms with Crippen molar-refractivity contribution >= 4 is 23.1 Å². The van der Waals surface area contributed by atoms with Crippen LogP contribution in [0.2, 0.25) is 5.02 Å². The van der Waals surface area contributed by atoms with Crippen LogP contribution in [0.5, 0.6) is 0 Å².